The summed E-state index contributed by atoms with van der Waals surface area (Å²) in [6.07, 6.45) is 16.5. The minimum atomic E-state index is 0.183. The SMILES string of the molecule is CC1/C=C\C=C/CC(C)(C)C/C=C\c2c(oc3c(N(c4ccc(-c5ccccc5)cc4)c4cccc5ccccc45)cccc23)C1. The molecule has 0 bridgehead atoms. The molecule has 2 nitrogen and oxygen atoms in total. The minimum Gasteiger partial charge on any atom is -0.458 e. The van der Waals surface area contributed by atoms with Crippen LogP contribution in [0.15, 0.2) is 150 Å². The van der Waals surface area contributed by atoms with Gasteiger partial charge in [0, 0.05) is 28.4 Å². The summed E-state index contributed by atoms with van der Waals surface area (Å²) in [6.45, 7) is 6.95. The molecule has 7 rings (SSSR count). The number of rotatable bonds is 4. The number of hydrogen-bond acceptors (Lipinski definition) is 2. The summed E-state index contributed by atoms with van der Waals surface area (Å²) in [7, 11) is 0. The molecular formula is C44H41NO. The third-order valence-corrected chi connectivity index (χ3v) is 9.11. The molecule has 1 aliphatic rings. The van der Waals surface area contributed by atoms with E-state index in [0.717, 1.165) is 53.1 Å². The lowest BCUT2D eigenvalue weighted by molar-refractivity contribution is 0.377. The maximum atomic E-state index is 6.96. The fourth-order valence-electron chi connectivity index (χ4n) is 6.59. The minimum absolute atomic E-state index is 0.183. The molecule has 228 valence electrons. The van der Waals surface area contributed by atoms with E-state index in [1.54, 1.807) is 0 Å². The molecule has 6 aromatic rings. The number of para-hydroxylation sites is 1. The molecule has 46 heavy (non-hydrogen) atoms. The first-order valence-electron chi connectivity index (χ1n) is 16.4. The van der Waals surface area contributed by atoms with Crippen LogP contribution in [0.4, 0.5) is 17.1 Å². The first-order chi connectivity index (χ1) is 22.5. The van der Waals surface area contributed by atoms with Gasteiger partial charge in [0.15, 0.2) is 5.58 Å². The van der Waals surface area contributed by atoms with Gasteiger partial charge in [0.1, 0.15) is 5.76 Å². The molecule has 1 aliphatic carbocycles. The Labute approximate surface area is 273 Å². The van der Waals surface area contributed by atoms with Gasteiger partial charge in [-0.15, -0.1) is 0 Å². The van der Waals surface area contributed by atoms with Gasteiger partial charge in [-0.25, -0.2) is 0 Å². The zero-order chi connectivity index (χ0) is 31.5. The van der Waals surface area contributed by atoms with Crippen molar-refractivity contribution in [2.45, 2.75) is 40.0 Å². The Morgan fingerprint density at radius 3 is 2.17 bits per heavy atom. The van der Waals surface area contributed by atoms with Crippen molar-refractivity contribution in [2.24, 2.45) is 11.3 Å². The quantitative estimate of drug-likeness (QED) is 0.200. The molecule has 0 aliphatic heterocycles. The van der Waals surface area contributed by atoms with Gasteiger partial charge in [0.2, 0.25) is 0 Å². The molecule has 0 radical (unpaired) electrons. The molecule has 0 saturated carbocycles. The van der Waals surface area contributed by atoms with Crippen LogP contribution in [0, 0.1) is 11.3 Å². The van der Waals surface area contributed by atoms with E-state index in [0.29, 0.717) is 5.92 Å². The number of fused-ring (bicyclic) bond motifs is 4. The standard InChI is InChI=1S/C44H41NO/c1-32-15-6-5-11-29-44(2,3)30-14-22-38-39-21-13-24-41(43(39)46-42(38)31-32)45(40-23-12-19-35-18-9-10-20-37(35)40)36-27-25-34(26-28-36)33-16-7-4-8-17-33/h4-28,32H,29-31H2,1-3H3/b11-5-,15-6-,22-14-. The summed E-state index contributed by atoms with van der Waals surface area (Å²) < 4.78 is 6.96. The molecule has 0 spiro atoms. The van der Waals surface area contributed by atoms with Gasteiger partial charge >= 0.3 is 0 Å². The first kappa shape index (κ1) is 29.6. The predicted octanol–water partition coefficient (Wildman–Crippen LogP) is 12.8. The van der Waals surface area contributed by atoms with E-state index in [2.05, 4.69) is 177 Å². The Hall–Kier alpha value is -5.08. The van der Waals surface area contributed by atoms with Crippen molar-refractivity contribution in [3.05, 3.63) is 157 Å². The van der Waals surface area contributed by atoms with Crippen LogP contribution in [0.1, 0.15) is 44.9 Å². The number of furan rings is 1. The fourth-order valence-corrected chi connectivity index (χ4v) is 6.59. The molecule has 1 heterocycles. The van der Waals surface area contributed by atoms with Crippen molar-refractivity contribution >= 4 is 44.9 Å². The number of hydrogen-bond donors (Lipinski definition) is 0. The lowest BCUT2D eigenvalue weighted by atomic mass is 9.85. The zero-order valence-corrected chi connectivity index (χ0v) is 27.0. The second-order valence-corrected chi connectivity index (χ2v) is 13.3. The lowest BCUT2D eigenvalue weighted by Crippen LogP contribution is -2.10. The highest BCUT2D eigenvalue weighted by molar-refractivity contribution is 6.05. The van der Waals surface area contributed by atoms with E-state index in [1.165, 1.54) is 27.5 Å². The van der Waals surface area contributed by atoms with Gasteiger partial charge in [-0.05, 0) is 65.0 Å². The summed E-state index contributed by atoms with van der Waals surface area (Å²) in [5, 5.41) is 3.56. The molecule has 1 unspecified atom stereocenters. The second-order valence-electron chi connectivity index (χ2n) is 13.3. The third kappa shape index (κ3) is 6.08. The van der Waals surface area contributed by atoms with E-state index in [1.807, 2.05) is 0 Å². The molecular weight excluding hydrogens is 558 g/mol. The highest BCUT2D eigenvalue weighted by Gasteiger charge is 2.23. The topological polar surface area (TPSA) is 16.4 Å². The van der Waals surface area contributed by atoms with Crippen molar-refractivity contribution in [2.75, 3.05) is 4.90 Å². The van der Waals surface area contributed by atoms with Gasteiger partial charge in [-0.3, -0.25) is 0 Å². The van der Waals surface area contributed by atoms with Gasteiger partial charge in [-0.1, -0.05) is 148 Å². The van der Waals surface area contributed by atoms with E-state index in [-0.39, 0.29) is 5.41 Å². The molecule has 0 fully saturated rings. The van der Waals surface area contributed by atoms with Crippen LogP contribution < -0.4 is 4.90 Å². The van der Waals surface area contributed by atoms with Crippen LogP contribution in [0.2, 0.25) is 0 Å². The lowest BCUT2D eigenvalue weighted by Gasteiger charge is -2.27. The maximum Gasteiger partial charge on any atom is 0.158 e. The van der Waals surface area contributed by atoms with Crippen molar-refractivity contribution in [3.63, 3.8) is 0 Å². The van der Waals surface area contributed by atoms with Crippen LogP contribution >= 0.6 is 0 Å². The molecule has 5 aromatic carbocycles. The van der Waals surface area contributed by atoms with E-state index >= 15 is 0 Å². The van der Waals surface area contributed by atoms with Crippen molar-refractivity contribution in [1.82, 2.24) is 0 Å². The fraction of sp³-hybridized carbons (Fsp3) is 0.182. The van der Waals surface area contributed by atoms with Crippen LogP contribution in [0.25, 0.3) is 38.9 Å². The van der Waals surface area contributed by atoms with Crippen LogP contribution in [-0.4, -0.2) is 0 Å². The third-order valence-electron chi connectivity index (χ3n) is 9.11. The van der Waals surface area contributed by atoms with Crippen molar-refractivity contribution in [1.29, 1.82) is 0 Å². The Morgan fingerprint density at radius 2 is 1.33 bits per heavy atom. The monoisotopic (exact) mass is 599 g/mol. The summed E-state index contributed by atoms with van der Waals surface area (Å²) in [5.74, 6) is 1.38. The van der Waals surface area contributed by atoms with Gasteiger partial charge in [-0.2, -0.15) is 0 Å². The van der Waals surface area contributed by atoms with E-state index < -0.39 is 0 Å². The van der Waals surface area contributed by atoms with Crippen LogP contribution in [0.5, 0.6) is 0 Å². The normalized spacial score (nSPS) is 18.5. The van der Waals surface area contributed by atoms with Crippen molar-refractivity contribution in [3.8, 4) is 11.1 Å². The van der Waals surface area contributed by atoms with Gasteiger partial charge in [0.05, 0.1) is 11.4 Å². The van der Waals surface area contributed by atoms with Gasteiger partial charge in [0.25, 0.3) is 0 Å². The van der Waals surface area contributed by atoms with Gasteiger partial charge < -0.3 is 9.32 Å². The summed E-state index contributed by atoms with van der Waals surface area (Å²) in [6, 6.07) is 41.2. The number of allylic oxidation sites excluding steroid dienone is 5. The summed E-state index contributed by atoms with van der Waals surface area (Å²) in [5.41, 5.74) is 7.95. The average Bonchev–Trinajstić information content (AvgIpc) is 3.42. The number of benzene rings is 5. The zero-order valence-electron chi connectivity index (χ0n) is 27.0. The Balaban J connectivity index is 1.42. The first-order valence-corrected chi connectivity index (χ1v) is 16.4. The smallest absolute Gasteiger partial charge is 0.158 e. The number of anilines is 3. The molecule has 2 heteroatoms. The summed E-state index contributed by atoms with van der Waals surface area (Å²) >= 11 is 0. The summed E-state index contributed by atoms with van der Waals surface area (Å²) in [4.78, 5) is 2.37. The van der Waals surface area contributed by atoms with E-state index in [4.69, 9.17) is 4.42 Å². The van der Waals surface area contributed by atoms with E-state index in [9.17, 15) is 0 Å². The Morgan fingerprint density at radius 1 is 0.652 bits per heavy atom. The Kier molecular flexibility index (Phi) is 8.20. The molecule has 0 saturated heterocycles. The molecule has 1 aromatic heterocycles. The largest absolute Gasteiger partial charge is 0.458 e. The van der Waals surface area contributed by atoms with Crippen molar-refractivity contribution < 1.29 is 4.42 Å². The Bertz CT molecular complexity index is 2050. The predicted molar refractivity (Wildman–Crippen MR) is 197 cm³/mol. The molecule has 1 atom stereocenters. The second kappa shape index (κ2) is 12.7. The average molecular weight is 600 g/mol. The maximum absolute atomic E-state index is 6.96. The van der Waals surface area contributed by atoms with Crippen LogP contribution in [0.3, 0.4) is 0 Å². The highest BCUT2D eigenvalue weighted by atomic mass is 16.3. The van der Waals surface area contributed by atoms with Crippen LogP contribution in [-0.2, 0) is 6.42 Å². The molecule has 0 N–H and O–H groups in total. The molecule has 0 amide bonds. The highest BCUT2D eigenvalue weighted by Crippen LogP contribution is 2.44. The number of nitrogens with zero attached hydrogens (tertiary/aromatic N) is 1.